The molecule has 0 aliphatic carbocycles. The molecule has 5 nitrogen and oxygen atoms in total. The Morgan fingerprint density at radius 3 is 2.84 bits per heavy atom. The number of carbonyl (C=O) groups is 1. The first-order valence-electron chi connectivity index (χ1n) is 7.67. The summed E-state index contributed by atoms with van der Waals surface area (Å²) in [5.74, 6) is -2.52. The van der Waals surface area contributed by atoms with E-state index in [4.69, 9.17) is 0 Å². The number of aromatic nitrogens is 1. The average molecular weight is 365 g/mol. The lowest BCUT2D eigenvalue weighted by molar-refractivity contribution is 0.101. The summed E-state index contributed by atoms with van der Waals surface area (Å²) in [7, 11) is 0.222. The van der Waals surface area contributed by atoms with Gasteiger partial charge >= 0.3 is 0 Å². The van der Waals surface area contributed by atoms with E-state index in [1.165, 1.54) is 6.07 Å². The van der Waals surface area contributed by atoms with Crippen LogP contribution in [0.25, 0.3) is 6.08 Å². The molecule has 2 aromatic rings. The van der Waals surface area contributed by atoms with E-state index in [0.29, 0.717) is 22.6 Å². The summed E-state index contributed by atoms with van der Waals surface area (Å²) < 4.78 is 43.3. The van der Waals surface area contributed by atoms with Crippen LogP contribution in [0.5, 0.6) is 0 Å². The van der Waals surface area contributed by atoms with Crippen molar-refractivity contribution in [2.24, 2.45) is 7.05 Å². The Kier molecular flexibility index (Phi) is 4.82. The van der Waals surface area contributed by atoms with Gasteiger partial charge in [0.05, 0.1) is 4.90 Å². The van der Waals surface area contributed by atoms with Crippen molar-refractivity contribution in [2.45, 2.75) is 24.3 Å². The largest absolute Gasteiger partial charge is 0.345 e. The van der Waals surface area contributed by atoms with E-state index >= 15 is 0 Å². The average Bonchev–Trinajstić information content (AvgIpc) is 2.86. The number of anilines is 1. The topological polar surface area (TPSA) is 63.1 Å². The normalized spacial score (nSPS) is 21.1. The maximum absolute atomic E-state index is 13.3. The van der Waals surface area contributed by atoms with Crippen molar-refractivity contribution >= 4 is 28.7 Å². The Morgan fingerprint density at radius 1 is 1.36 bits per heavy atom. The molecule has 25 heavy (non-hydrogen) atoms. The van der Waals surface area contributed by atoms with E-state index in [2.05, 4.69) is 10.0 Å². The number of hydrogen-bond acceptors (Lipinski definition) is 2. The maximum atomic E-state index is 13.3. The number of benzene rings is 1. The molecule has 1 aromatic heterocycles. The van der Waals surface area contributed by atoms with Crippen molar-refractivity contribution in [1.29, 1.82) is 0 Å². The van der Waals surface area contributed by atoms with Crippen LogP contribution < -0.4 is 10.0 Å². The van der Waals surface area contributed by atoms with Gasteiger partial charge in [0.2, 0.25) is 0 Å². The van der Waals surface area contributed by atoms with E-state index in [9.17, 15) is 17.8 Å². The quantitative estimate of drug-likeness (QED) is 0.859. The molecular weight excluding hydrogens is 348 g/mol. The highest BCUT2D eigenvalue weighted by atomic mass is 32.2. The van der Waals surface area contributed by atoms with Gasteiger partial charge in [-0.05, 0) is 25.5 Å². The fourth-order valence-electron chi connectivity index (χ4n) is 2.66. The molecule has 0 saturated carbocycles. The van der Waals surface area contributed by atoms with Gasteiger partial charge in [0, 0.05) is 36.6 Å². The summed E-state index contributed by atoms with van der Waals surface area (Å²) in [6.07, 6.45) is 5.97. The van der Waals surface area contributed by atoms with Crippen LogP contribution in [0.4, 0.5) is 14.5 Å². The Hall–Kier alpha value is -2.32. The zero-order valence-electron chi connectivity index (χ0n) is 13.7. The molecule has 3 rings (SSSR count). The van der Waals surface area contributed by atoms with Gasteiger partial charge in [0.25, 0.3) is 5.91 Å². The first kappa shape index (κ1) is 17.5. The van der Waals surface area contributed by atoms with Crippen LogP contribution >= 0.6 is 0 Å². The van der Waals surface area contributed by atoms with Gasteiger partial charge in [0.15, 0.2) is 11.6 Å². The van der Waals surface area contributed by atoms with Gasteiger partial charge in [-0.2, -0.15) is 0 Å². The number of carbonyl (C=O) groups excluding carboxylic acids is 1. The number of amides is 1. The number of hydrogen-bond donors (Lipinski definition) is 2. The molecule has 132 valence electrons. The van der Waals surface area contributed by atoms with Crippen molar-refractivity contribution in [1.82, 2.24) is 9.29 Å². The molecule has 8 heteroatoms. The van der Waals surface area contributed by atoms with Crippen molar-refractivity contribution in [3.8, 4) is 0 Å². The minimum atomic E-state index is -1.44. The van der Waals surface area contributed by atoms with Crippen molar-refractivity contribution in [2.75, 3.05) is 5.32 Å². The molecule has 0 saturated heterocycles. The monoisotopic (exact) mass is 365 g/mol. The maximum Gasteiger partial charge on any atom is 0.272 e. The van der Waals surface area contributed by atoms with E-state index in [-0.39, 0.29) is 11.7 Å². The predicted octanol–water partition coefficient (Wildman–Crippen LogP) is 2.97. The highest BCUT2D eigenvalue weighted by Crippen LogP contribution is 2.25. The van der Waals surface area contributed by atoms with Crippen LogP contribution in [0.3, 0.4) is 0 Å². The lowest BCUT2D eigenvalue weighted by Gasteiger charge is -2.14. The second-order valence-corrected chi connectivity index (χ2v) is 7.09. The number of halogens is 2. The summed E-state index contributed by atoms with van der Waals surface area (Å²) in [4.78, 5) is 13.1. The van der Waals surface area contributed by atoms with Gasteiger partial charge in [-0.25, -0.2) is 17.7 Å². The zero-order chi connectivity index (χ0) is 18.1. The lowest BCUT2D eigenvalue weighted by atomic mass is 10.1. The summed E-state index contributed by atoms with van der Waals surface area (Å²) in [6.45, 7) is 1.92. The molecule has 0 bridgehead atoms. The molecule has 1 amide bonds. The predicted molar refractivity (Wildman–Crippen MR) is 92.4 cm³/mol. The minimum Gasteiger partial charge on any atom is -0.345 e. The van der Waals surface area contributed by atoms with Crippen LogP contribution in [0.1, 0.15) is 29.4 Å². The van der Waals surface area contributed by atoms with E-state index in [0.717, 1.165) is 12.1 Å². The first-order chi connectivity index (χ1) is 11.9. The van der Waals surface area contributed by atoms with Crippen LogP contribution in [-0.4, -0.2) is 20.7 Å². The Morgan fingerprint density at radius 2 is 2.12 bits per heavy atom. The molecule has 2 heterocycles. The zero-order valence-corrected chi connectivity index (χ0v) is 14.5. The Labute approximate surface area is 146 Å². The fraction of sp³-hybridized carbons (Fsp3) is 0.235. The van der Waals surface area contributed by atoms with Gasteiger partial charge in [-0.1, -0.05) is 12.2 Å². The summed E-state index contributed by atoms with van der Waals surface area (Å²) in [5, 5.41) is 2.54. The van der Waals surface area contributed by atoms with Gasteiger partial charge in [-0.15, -0.1) is 0 Å². The SMILES string of the molecule is CC1C/C=C\c2c(cn(C)c2C(=O)Nc2ccc(F)c(F)c2)S(=O)N1. The third kappa shape index (κ3) is 3.54. The molecular formula is C17H17F2N3O2S. The molecule has 0 radical (unpaired) electrons. The molecule has 0 spiro atoms. The highest BCUT2D eigenvalue weighted by molar-refractivity contribution is 7.83. The van der Waals surface area contributed by atoms with Crippen LogP contribution in [0.15, 0.2) is 35.4 Å². The minimum absolute atomic E-state index is 0.0462. The second-order valence-electron chi connectivity index (χ2n) is 5.88. The standard InChI is InChI=1S/C17H17F2N3O2S/c1-10-4-3-5-12-15(25(24)21-10)9-22(2)16(12)17(23)20-11-6-7-13(18)14(19)8-11/h3,5-10,21H,4H2,1-2H3,(H,20,23)/b5-3-. The molecule has 1 aromatic carbocycles. The molecule has 1 aliphatic heterocycles. The van der Waals surface area contributed by atoms with E-state index < -0.39 is 28.5 Å². The van der Waals surface area contributed by atoms with Gasteiger partial charge < -0.3 is 9.88 Å². The van der Waals surface area contributed by atoms with Crippen LogP contribution in [-0.2, 0) is 18.0 Å². The van der Waals surface area contributed by atoms with Crippen molar-refractivity contribution in [3.05, 3.63) is 53.4 Å². The van der Waals surface area contributed by atoms with E-state index in [1.807, 2.05) is 13.0 Å². The highest BCUT2D eigenvalue weighted by Gasteiger charge is 2.24. The van der Waals surface area contributed by atoms with Gasteiger partial charge in [0.1, 0.15) is 16.7 Å². The number of nitrogens with zero attached hydrogens (tertiary/aromatic N) is 1. The molecule has 0 fully saturated rings. The number of fused-ring (bicyclic) bond motifs is 1. The van der Waals surface area contributed by atoms with Crippen LogP contribution in [0, 0.1) is 11.6 Å². The first-order valence-corrected chi connectivity index (χ1v) is 8.82. The summed E-state index contributed by atoms with van der Waals surface area (Å²) in [6, 6.07) is 3.18. The smallest absolute Gasteiger partial charge is 0.272 e. The summed E-state index contributed by atoms with van der Waals surface area (Å²) in [5.41, 5.74) is 0.975. The van der Waals surface area contributed by atoms with Crippen molar-refractivity contribution in [3.63, 3.8) is 0 Å². The summed E-state index contributed by atoms with van der Waals surface area (Å²) >= 11 is 0. The molecule has 1 aliphatic rings. The van der Waals surface area contributed by atoms with Gasteiger partial charge in [-0.3, -0.25) is 4.79 Å². The fourth-order valence-corrected chi connectivity index (χ4v) is 3.86. The second kappa shape index (κ2) is 6.89. The lowest BCUT2D eigenvalue weighted by Crippen LogP contribution is -2.28. The molecule has 2 unspecified atom stereocenters. The van der Waals surface area contributed by atoms with E-state index in [1.54, 1.807) is 23.9 Å². The Bertz CT molecular complexity index is 892. The third-order valence-electron chi connectivity index (χ3n) is 3.86. The Balaban J connectivity index is 1.96. The number of rotatable bonds is 2. The molecule has 2 atom stereocenters. The van der Waals surface area contributed by atoms with Crippen molar-refractivity contribution < 1.29 is 17.8 Å². The third-order valence-corrected chi connectivity index (χ3v) is 5.20. The molecule has 2 N–H and O–H groups in total. The number of nitrogens with one attached hydrogen (secondary N) is 2. The van der Waals surface area contributed by atoms with Crippen LogP contribution in [0.2, 0.25) is 0 Å². The number of aryl methyl sites for hydroxylation is 1.